The number of hydrogen-bond donors (Lipinski definition) is 0. The lowest BCUT2D eigenvalue weighted by atomic mass is 10.2. The van der Waals surface area contributed by atoms with Gasteiger partial charge in [-0.15, -0.1) is 0 Å². The third-order valence-electron chi connectivity index (χ3n) is 2.54. The Bertz CT molecular complexity index is 372. The molecule has 0 fully saturated rings. The number of aromatic nitrogens is 2. The van der Waals surface area contributed by atoms with Crippen LogP contribution in [0, 0.1) is 0 Å². The summed E-state index contributed by atoms with van der Waals surface area (Å²) >= 11 is 0. The molecular formula is C12H21N3O2. The highest BCUT2D eigenvalue weighted by atomic mass is 16.5. The van der Waals surface area contributed by atoms with E-state index in [1.165, 1.54) is 0 Å². The molecule has 0 unspecified atom stereocenters. The summed E-state index contributed by atoms with van der Waals surface area (Å²) in [5, 5.41) is 4.25. The van der Waals surface area contributed by atoms with Gasteiger partial charge in [0.25, 0.3) is 0 Å². The van der Waals surface area contributed by atoms with Gasteiger partial charge in [0, 0.05) is 6.54 Å². The zero-order valence-electron chi connectivity index (χ0n) is 11.1. The van der Waals surface area contributed by atoms with Crippen LogP contribution in [0.3, 0.4) is 0 Å². The number of hydrogen-bond acceptors (Lipinski definition) is 4. The molecule has 0 spiro atoms. The summed E-state index contributed by atoms with van der Waals surface area (Å²) in [5.41, 5.74) is 1.54. The standard InChI is InChI=1S/C12H21N3O2/c1-5-11-10(12(16)17-6-2)9-13-15(11)8-7-14(3)4/h9H,5-8H2,1-4H3. The predicted octanol–water partition coefficient (Wildman–Crippen LogP) is 1.18. The summed E-state index contributed by atoms with van der Waals surface area (Å²) < 4.78 is 6.89. The number of ether oxygens (including phenoxy) is 1. The molecule has 0 radical (unpaired) electrons. The van der Waals surface area contributed by atoms with Crippen LogP contribution in [-0.4, -0.2) is 47.9 Å². The van der Waals surface area contributed by atoms with Gasteiger partial charge in [0.2, 0.25) is 0 Å². The second-order valence-corrected chi connectivity index (χ2v) is 4.11. The molecule has 0 aliphatic carbocycles. The lowest BCUT2D eigenvalue weighted by Gasteiger charge is -2.11. The minimum absolute atomic E-state index is 0.277. The second-order valence-electron chi connectivity index (χ2n) is 4.11. The van der Waals surface area contributed by atoms with Gasteiger partial charge in [0.05, 0.1) is 25.0 Å². The largest absolute Gasteiger partial charge is 0.462 e. The van der Waals surface area contributed by atoms with E-state index < -0.39 is 0 Å². The first kappa shape index (κ1) is 13.7. The van der Waals surface area contributed by atoms with E-state index in [0.29, 0.717) is 12.2 Å². The van der Waals surface area contributed by atoms with Gasteiger partial charge in [0.1, 0.15) is 5.56 Å². The van der Waals surface area contributed by atoms with E-state index in [1.807, 2.05) is 25.7 Å². The number of rotatable bonds is 6. The summed E-state index contributed by atoms with van der Waals surface area (Å²) in [5.74, 6) is -0.277. The fraction of sp³-hybridized carbons (Fsp3) is 0.667. The Morgan fingerprint density at radius 2 is 2.18 bits per heavy atom. The Morgan fingerprint density at radius 3 is 2.71 bits per heavy atom. The fourth-order valence-electron chi connectivity index (χ4n) is 1.65. The van der Waals surface area contributed by atoms with Crippen LogP contribution in [0.25, 0.3) is 0 Å². The highest BCUT2D eigenvalue weighted by Gasteiger charge is 2.16. The van der Waals surface area contributed by atoms with Gasteiger partial charge < -0.3 is 9.64 Å². The lowest BCUT2D eigenvalue weighted by Crippen LogP contribution is -2.20. The summed E-state index contributed by atoms with van der Waals surface area (Å²) in [7, 11) is 4.03. The van der Waals surface area contributed by atoms with Crippen LogP contribution in [0.5, 0.6) is 0 Å². The molecule has 0 amide bonds. The van der Waals surface area contributed by atoms with Crippen molar-refractivity contribution in [3.63, 3.8) is 0 Å². The van der Waals surface area contributed by atoms with E-state index in [9.17, 15) is 4.79 Å². The van der Waals surface area contributed by atoms with Crippen molar-refractivity contribution in [2.45, 2.75) is 26.8 Å². The third kappa shape index (κ3) is 3.56. The van der Waals surface area contributed by atoms with Crippen molar-refractivity contribution >= 4 is 5.97 Å². The van der Waals surface area contributed by atoms with E-state index >= 15 is 0 Å². The minimum Gasteiger partial charge on any atom is -0.462 e. The van der Waals surface area contributed by atoms with E-state index in [4.69, 9.17) is 4.74 Å². The van der Waals surface area contributed by atoms with E-state index in [1.54, 1.807) is 13.1 Å². The molecule has 0 aliphatic heterocycles. The summed E-state index contributed by atoms with van der Waals surface area (Å²) in [6.07, 6.45) is 2.38. The zero-order chi connectivity index (χ0) is 12.8. The number of nitrogens with zero attached hydrogens (tertiary/aromatic N) is 3. The van der Waals surface area contributed by atoms with Crippen LogP contribution in [0.2, 0.25) is 0 Å². The smallest absolute Gasteiger partial charge is 0.341 e. The van der Waals surface area contributed by atoms with Crippen molar-refractivity contribution in [3.8, 4) is 0 Å². The molecular weight excluding hydrogens is 218 g/mol. The zero-order valence-corrected chi connectivity index (χ0v) is 11.1. The summed E-state index contributed by atoms with van der Waals surface area (Å²) in [6.45, 7) is 5.91. The molecule has 1 rings (SSSR count). The van der Waals surface area contributed by atoms with Crippen LogP contribution in [-0.2, 0) is 17.7 Å². The minimum atomic E-state index is -0.277. The van der Waals surface area contributed by atoms with Gasteiger partial charge in [-0.1, -0.05) is 6.92 Å². The van der Waals surface area contributed by atoms with Gasteiger partial charge in [-0.05, 0) is 27.4 Å². The molecule has 5 heteroatoms. The first-order valence-corrected chi connectivity index (χ1v) is 5.96. The molecule has 96 valence electrons. The molecule has 0 atom stereocenters. The predicted molar refractivity (Wildman–Crippen MR) is 66.1 cm³/mol. The number of carbonyl (C=O) groups excluding carboxylic acids is 1. The molecule has 1 aromatic heterocycles. The van der Waals surface area contributed by atoms with Gasteiger partial charge in [-0.3, -0.25) is 4.68 Å². The van der Waals surface area contributed by atoms with E-state index in [2.05, 4.69) is 10.00 Å². The lowest BCUT2D eigenvalue weighted by molar-refractivity contribution is 0.0525. The SMILES string of the molecule is CCOC(=O)c1cnn(CCN(C)C)c1CC. The molecule has 0 aliphatic rings. The van der Waals surface area contributed by atoms with Crippen molar-refractivity contribution in [2.75, 3.05) is 27.2 Å². The molecule has 0 bridgehead atoms. The third-order valence-corrected chi connectivity index (χ3v) is 2.54. The van der Waals surface area contributed by atoms with Gasteiger partial charge in [0.15, 0.2) is 0 Å². The maximum absolute atomic E-state index is 11.7. The molecule has 1 aromatic rings. The first-order valence-electron chi connectivity index (χ1n) is 5.96. The Labute approximate surface area is 102 Å². The average molecular weight is 239 g/mol. The van der Waals surface area contributed by atoms with E-state index in [0.717, 1.165) is 25.2 Å². The van der Waals surface area contributed by atoms with Crippen molar-refractivity contribution in [1.82, 2.24) is 14.7 Å². The highest BCUT2D eigenvalue weighted by Crippen LogP contribution is 2.11. The summed E-state index contributed by atoms with van der Waals surface area (Å²) in [4.78, 5) is 13.8. The van der Waals surface area contributed by atoms with Crippen LogP contribution >= 0.6 is 0 Å². The Morgan fingerprint density at radius 1 is 1.47 bits per heavy atom. The van der Waals surface area contributed by atoms with Gasteiger partial charge in [-0.25, -0.2) is 4.79 Å². The number of esters is 1. The first-order chi connectivity index (χ1) is 8.10. The number of likely N-dealkylation sites (N-methyl/N-ethyl adjacent to an activating group) is 1. The molecule has 1 heterocycles. The Balaban J connectivity index is 2.83. The maximum atomic E-state index is 11.7. The maximum Gasteiger partial charge on any atom is 0.341 e. The second kappa shape index (κ2) is 6.39. The summed E-state index contributed by atoms with van der Waals surface area (Å²) in [6, 6.07) is 0. The van der Waals surface area contributed by atoms with Crippen molar-refractivity contribution in [2.24, 2.45) is 0 Å². The van der Waals surface area contributed by atoms with Gasteiger partial charge >= 0.3 is 5.97 Å². The molecule has 0 saturated carbocycles. The number of carbonyl (C=O) groups is 1. The van der Waals surface area contributed by atoms with Crippen molar-refractivity contribution in [3.05, 3.63) is 17.5 Å². The quantitative estimate of drug-likeness (QED) is 0.699. The van der Waals surface area contributed by atoms with Crippen LogP contribution in [0.1, 0.15) is 29.9 Å². The van der Waals surface area contributed by atoms with E-state index in [-0.39, 0.29) is 5.97 Å². The van der Waals surface area contributed by atoms with Crippen LogP contribution in [0.15, 0.2) is 6.20 Å². The van der Waals surface area contributed by atoms with Crippen LogP contribution in [0.4, 0.5) is 0 Å². The molecule has 0 saturated heterocycles. The Hall–Kier alpha value is -1.36. The Kier molecular flexibility index (Phi) is 5.15. The highest BCUT2D eigenvalue weighted by molar-refractivity contribution is 5.90. The monoisotopic (exact) mass is 239 g/mol. The van der Waals surface area contributed by atoms with Crippen molar-refractivity contribution in [1.29, 1.82) is 0 Å². The molecule has 0 aromatic carbocycles. The average Bonchev–Trinajstić information content (AvgIpc) is 2.69. The van der Waals surface area contributed by atoms with Gasteiger partial charge in [-0.2, -0.15) is 5.10 Å². The van der Waals surface area contributed by atoms with Crippen LogP contribution < -0.4 is 0 Å². The fourth-order valence-corrected chi connectivity index (χ4v) is 1.65. The molecule has 17 heavy (non-hydrogen) atoms. The normalized spacial score (nSPS) is 10.9. The molecule has 5 nitrogen and oxygen atoms in total. The molecule has 0 N–H and O–H groups in total. The topological polar surface area (TPSA) is 47.4 Å². The van der Waals surface area contributed by atoms with Crippen molar-refractivity contribution < 1.29 is 9.53 Å².